The molecule has 1 fully saturated rings. The van der Waals surface area contributed by atoms with Gasteiger partial charge in [0.05, 0.1) is 10.9 Å². The molecule has 3 nitrogen and oxygen atoms in total. The monoisotopic (exact) mass is 256 g/mol. The number of amides is 1. The number of nitrogens with one attached hydrogen (secondary N) is 1. The average molecular weight is 256 g/mol. The summed E-state index contributed by atoms with van der Waals surface area (Å²) in [5.41, 5.74) is 5.60. The van der Waals surface area contributed by atoms with Crippen LogP contribution in [0.3, 0.4) is 0 Å². The molecule has 3 unspecified atom stereocenters. The molecule has 17 heavy (non-hydrogen) atoms. The van der Waals surface area contributed by atoms with Crippen molar-refractivity contribution in [2.45, 2.75) is 46.0 Å². The van der Waals surface area contributed by atoms with Crippen LogP contribution in [0.4, 0.5) is 0 Å². The van der Waals surface area contributed by atoms with Gasteiger partial charge in [-0.1, -0.05) is 38.9 Å². The summed E-state index contributed by atoms with van der Waals surface area (Å²) < 4.78 is 0. The SMILES string of the molecule is CCCC(C(=O)NCC1CCC(C)C1)C(N)=S. The van der Waals surface area contributed by atoms with Gasteiger partial charge in [0.25, 0.3) is 0 Å². The van der Waals surface area contributed by atoms with Gasteiger partial charge < -0.3 is 11.1 Å². The number of thiocarbonyl (C=S) groups is 1. The van der Waals surface area contributed by atoms with E-state index >= 15 is 0 Å². The van der Waals surface area contributed by atoms with E-state index in [1.165, 1.54) is 19.3 Å². The van der Waals surface area contributed by atoms with Crippen LogP contribution >= 0.6 is 12.2 Å². The van der Waals surface area contributed by atoms with Crippen LogP contribution < -0.4 is 11.1 Å². The van der Waals surface area contributed by atoms with E-state index in [-0.39, 0.29) is 11.8 Å². The lowest BCUT2D eigenvalue weighted by molar-refractivity contribution is -0.123. The number of nitrogens with two attached hydrogens (primary N) is 1. The Labute approximate surface area is 110 Å². The molecule has 1 rings (SSSR count). The van der Waals surface area contributed by atoms with Gasteiger partial charge in [0.15, 0.2) is 0 Å². The Kier molecular flexibility index (Phi) is 5.89. The van der Waals surface area contributed by atoms with Crippen molar-refractivity contribution in [3.05, 3.63) is 0 Å². The first kappa shape index (κ1) is 14.4. The summed E-state index contributed by atoms with van der Waals surface area (Å²) in [7, 11) is 0. The second-order valence-electron chi connectivity index (χ2n) is 5.27. The Morgan fingerprint density at radius 3 is 2.71 bits per heavy atom. The van der Waals surface area contributed by atoms with Crippen molar-refractivity contribution in [2.24, 2.45) is 23.5 Å². The molecule has 1 aliphatic rings. The molecule has 0 aromatic heterocycles. The van der Waals surface area contributed by atoms with Gasteiger partial charge >= 0.3 is 0 Å². The summed E-state index contributed by atoms with van der Waals surface area (Å²) in [5.74, 6) is 1.18. The zero-order valence-corrected chi connectivity index (χ0v) is 11.7. The summed E-state index contributed by atoms with van der Waals surface area (Å²) in [6.07, 6.45) is 5.42. The number of carbonyl (C=O) groups is 1. The normalized spacial score (nSPS) is 25.5. The Hall–Kier alpha value is -0.640. The Balaban J connectivity index is 2.34. The van der Waals surface area contributed by atoms with E-state index in [9.17, 15) is 4.79 Å². The van der Waals surface area contributed by atoms with E-state index < -0.39 is 0 Å². The zero-order chi connectivity index (χ0) is 12.8. The Bertz CT molecular complexity index is 281. The second kappa shape index (κ2) is 6.94. The number of rotatable bonds is 6. The predicted octanol–water partition coefficient (Wildman–Crippen LogP) is 2.24. The molecule has 4 heteroatoms. The van der Waals surface area contributed by atoms with Crippen LogP contribution in [0.2, 0.25) is 0 Å². The fraction of sp³-hybridized carbons (Fsp3) is 0.846. The third-order valence-electron chi connectivity index (χ3n) is 3.61. The lowest BCUT2D eigenvalue weighted by Crippen LogP contribution is -2.39. The lowest BCUT2D eigenvalue weighted by atomic mass is 10.0. The van der Waals surface area contributed by atoms with Crippen molar-refractivity contribution < 1.29 is 4.79 Å². The predicted molar refractivity (Wildman–Crippen MR) is 74.7 cm³/mol. The third kappa shape index (κ3) is 4.62. The first-order valence-electron chi connectivity index (χ1n) is 6.61. The minimum absolute atomic E-state index is 0.0129. The highest BCUT2D eigenvalue weighted by atomic mass is 32.1. The highest BCUT2D eigenvalue weighted by Gasteiger charge is 2.24. The van der Waals surface area contributed by atoms with Crippen LogP contribution in [0.15, 0.2) is 0 Å². The summed E-state index contributed by atoms with van der Waals surface area (Å²) in [6.45, 7) is 5.10. The standard InChI is InChI=1S/C13H24N2OS/c1-3-4-11(12(14)17)13(16)15-8-10-6-5-9(2)7-10/h9-11H,3-8H2,1-2H3,(H2,14,17)(H,15,16). The molecule has 0 saturated heterocycles. The first-order valence-corrected chi connectivity index (χ1v) is 7.02. The van der Waals surface area contributed by atoms with Crippen molar-refractivity contribution >= 4 is 23.1 Å². The van der Waals surface area contributed by atoms with Crippen LogP contribution in [0.1, 0.15) is 46.0 Å². The van der Waals surface area contributed by atoms with E-state index in [0.717, 1.165) is 25.3 Å². The highest BCUT2D eigenvalue weighted by molar-refractivity contribution is 7.80. The summed E-state index contributed by atoms with van der Waals surface area (Å²) in [4.78, 5) is 12.3. The van der Waals surface area contributed by atoms with Gasteiger partial charge in [-0.25, -0.2) is 0 Å². The molecule has 1 saturated carbocycles. The van der Waals surface area contributed by atoms with Crippen LogP contribution in [-0.4, -0.2) is 17.4 Å². The van der Waals surface area contributed by atoms with Crippen LogP contribution in [0.25, 0.3) is 0 Å². The maximum Gasteiger partial charge on any atom is 0.229 e. The fourth-order valence-electron chi connectivity index (χ4n) is 2.57. The summed E-state index contributed by atoms with van der Waals surface area (Å²) >= 11 is 4.94. The van der Waals surface area contributed by atoms with Gasteiger partial charge in [-0.2, -0.15) is 0 Å². The molecule has 0 aromatic rings. The minimum atomic E-state index is -0.283. The van der Waals surface area contributed by atoms with Crippen molar-refractivity contribution in [1.29, 1.82) is 0 Å². The van der Waals surface area contributed by atoms with Gasteiger partial charge in [0, 0.05) is 6.54 Å². The molecule has 98 valence electrons. The average Bonchev–Trinajstić information content (AvgIpc) is 2.68. The smallest absolute Gasteiger partial charge is 0.229 e. The molecule has 0 aromatic carbocycles. The molecule has 1 amide bonds. The van der Waals surface area contributed by atoms with Crippen molar-refractivity contribution in [3.8, 4) is 0 Å². The van der Waals surface area contributed by atoms with Gasteiger partial charge in [0.2, 0.25) is 5.91 Å². The molecule has 0 spiro atoms. The van der Waals surface area contributed by atoms with E-state index in [2.05, 4.69) is 12.2 Å². The summed E-state index contributed by atoms with van der Waals surface area (Å²) in [6, 6.07) is 0. The van der Waals surface area contributed by atoms with Gasteiger partial charge in [-0.15, -0.1) is 0 Å². The molecular formula is C13H24N2OS. The van der Waals surface area contributed by atoms with Gasteiger partial charge in [-0.3, -0.25) is 4.79 Å². The number of hydrogen-bond donors (Lipinski definition) is 2. The zero-order valence-electron chi connectivity index (χ0n) is 10.9. The van der Waals surface area contributed by atoms with Crippen molar-refractivity contribution in [3.63, 3.8) is 0 Å². The fourth-order valence-corrected chi connectivity index (χ4v) is 2.79. The van der Waals surface area contributed by atoms with Gasteiger partial charge in [0.1, 0.15) is 0 Å². The van der Waals surface area contributed by atoms with E-state index in [1.54, 1.807) is 0 Å². The van der Waals surface area contributed by atoms with Crippen LogP contribution in [-0.2, 0) is 4.79 Å². The Morgan fingerprint density at radius 1 is 1.53 bits per heavy atom. The third-order valence-corrected chi connectivity index (χ3v) is 3.89. The van der Waals surface area contributed by atoms with Crippen molar-refractivity contribution in [1.82, 2.24) is 5.32 Å². The highest BCUT2D eigenvalue weighted by Crippen LogP contribution is 2.29. The second-order valence-corrected chi connectivity index (χ2v) is 5.74. The molecule has 3 N–H and O–H groups in total. The molecule has 0 bridgehead atoms. The lowest BCUT2D eigenvalue weighted by Gasteiger charge is -2.17. The maximum absolute atomic E-state index is 11.9. The van der Waals surface area contributed by atoms with E-state index in [0.29, 0.717) is 10.9 Å². The molecule has 1 aliphatic carbocycles. The van der Waals surface area contributed by atoms with E-state index in [1.807, 2.05) is 6.92 Å². The number of carbonyl (C=O) groups excluding carboxylic acids is 1. The number of hydrogen-bond acceptors (Lipinski definition) is 2. The quantitative estimate of drug-likeness (QED) is 0.717. The van der Waals surface area contributed by atoms with Crippen molar-refractivity contribution in [2.75, 3.05) is 6.54 Å². The summed E-state index contributed by atoms with van der Waals surface area (Å²) in [5, 5.41) is 3.00. The Morgan fingerprint density at radius 2 is 2.24 bits per heavy atom. The molecular weight excluding hydrogens is 232 g/mol. The first-order chi connectivity index (χ1) is 8.04. The van der Waals surface area contributed by atoms with Crippen LogP contribution in [0, 0.1) is 17.8 Å². The largest absolute Gasteiger partial charge is 0.393 e. The maximum atomic E-state index is 11.9. The molecule has 3 atom stereocenters. The van der Waals surface area contributed by atoms with Gasteiger partial charge in [-0.05, 0) is 31.1 Å². The minimum Gasteiger partial charge on any atom is -0.393 e. The topological polar surface area (TPSA) is 55.1 Å². The van der Waals surface area contributed by atoms with E-state index in [4.69, 9.17) is 18.0 Å². The molecule has 0 radical (unpaired) electrons. The molecule has 0 aliphatic heterocycles. The van der Waals surface area contributed by atoms with Crippen LogP contribution in [0.5, 0.6) is 0 Å². The molecule has 0 heterocycles.